The minimum Gasteiger partial charge on any atom is -0.400 e. The Labute approximate surface area is 87.7 Å². The molecule has 0 saturated carbocycles. The zero-order chi connectivity index (χ0) is 11.6. The molecule has 0 bridgehead atoms. The van der Waals surface area contributed by atoms with E-state index in [2.05, 4.69) is 53.4 Å². The third-order valence-electron chi connectivity index (χ3n) is 1.97. The lowest BCUT2D eigenvalue weighted by molar-refractivity contribution is 0.211. The van der Waals surface area contributed by atoms with Gasteiger partial charge >= 0.3 is 0 Å². The van der Waals surface area contributed by atoms with Gasteiger partial charge in [0.25, 0.3) is 0 Å². The van der Waals surface area contributed by atoms with Crippen LogP contribution in [0.1, 0.15) is 41.5 Å². The zero-order valence-electron chi connectivity index (χ0n) is 10.3. The first-order valence-electron chi connectivity index (χ1n) is 4.83. The van der Waals surface area contributed by atoms with Crippen LogP contribution in [0.4, 0.5) is 0 Å². The molecule has 0 rings (SSSR count). The van der Waals surface area contributed by atoms with Crippen molar-refractivity contribution in [1.82, 2.24) is 5.01 Å². The molecule has 14 heavy (non-hydrogen) atoms. The number of allylic oxidation sites excluding steroid dienone is 1. The lowest BCUT2D eigenvalue weighted by atomic mass is 9.93. The number of hydrogen-bond donors (Lipinski definition) is 1. The summed E-state index contributed by atoms with van der Waals surface area (Å²) in [5, 5.41) is 5.73. The van der Waals surface area contributed by atoms with Crippen LogP contribution >= 0.6 is 0 Å². The van der Waals surface area contributed by atoms with Gasteiger partial charge in [-0.25, -0.2) is 0 Å². The summed E-state index contributed by atoms with van der Waals surface area (Å²) in [5.74, 6) is 0. The summed E-state index contributed by atoms with van der Waals surface area (Å²) < 4.78 is 0. The normalized spacial score (nSPS) is 14.0. The average molecular weight is 197 g/mol. The average Bonchev–Trinajstić information content (AvgIpc) is 1.95. The molecule has 0 unspecified atom stereocenters. The Hall–Kier alpha value is -0.990. The molecule has 2 N–H and O–H groups in total. The van der Waals surface area contributed by atoms with Gasteiger partial charge in [-0.15, -0.1) is 0 Å². The summed E-state index contributed by atoms with van der Waals surface area (Å²) in [5.41, 5.74) is 6.64. The first-order valence-corrected chi connectivity index (χ1v) is 4.83. The van der Waals surface area contributed by atoms with E-state index >= 15 is 0 Å². The van der Waals surface area contributed by atoms with Gasteiger partial charge in [-0.05, 0) is 20.8 Å². The van der Waals surface area contributed by atoms with E-state index in [1.54, 1.807) is 5.01 Å². The standard InChI is InChI=1S/C11H23N3/c1-10(2,3)9(12)8-14(13-7)11(4,5)6/h8H,7,12H2,1-6H3/b9-8-. The van der Waals surface area contributed by atoms with Crippen LogP contribution in [0.25, 0.3) is 0 Å². The van der Waals surface area contributed by atoms with Crippen molar-refractivity contribution in [2.75, 3.05) is 0 Å². The predicted molar refractivity (Wildman–Crippen MR) is 62.9 cm³/mol. The molecular weight excluding hydrogens is 174 g/mol. The summed E-state index contributed by atoms with van der Waals surface area (Å²) in [7, 11) is 0. The molecule has 0 spiro atoms. The molecule has 0 aromatic rings. The highest BCUT2D eigenvalue weighted by atomic mass is 15.5. The van der Waals surface area contributed by atoms with Crippen molar-refractivity contribution in [3.05, 3.63) is 11.9 Å². The fraction of sp³-hybridized carbons (Fsp3) is 0.727. The van der Waals surface area contributed by atoms with Crippen LogP contribution in [-0.2, 0) is 0 Å². The number of nitrogens with zero attached hydrogens (tertiary/aromatic N) is 2. The maximum absolute atomic E-state index is 5.96. The van der Waals surface area contributed by atoms with E-state index in [4.69, 9.17) is 5.73 Å². The van der Waals surface area contributed by atoms with E-state index in [1.807, 2.05) is 6.20 Å². The summed E-state index contributed by atoms with van der Waals surface area (Å²) in [6, 6.07) is 0. The maximum atomic E-state index is 5.96. The van der Waals surface area contributed by atoms with Crippen molar-refractivity contribution >= 4 is 6.72 Å². The highest BCUT2D eigenvalue weighted by molar-refractivity contribution is 5.23. The van der Waals surface area contributed by atoms with Crippen molar-refractivity contribution in [2.24, 2.45) is 16.3 Å². The second-order valence-corrected chi connectivity index (χ2v) is 5.49. The van der Waals surface area contributed by atoms with Gasteiger partial charge in [-0.3, -0.25) is 5.01 Å². The third-order valence-corrected chi connectivity index (χ3v) is 1.97. The summed E-state index contributed by atoms with van der Waals surface area (Å²) >= 11 is 0. The van der Waals surface area contributed by atoms with Crippen LogP contribution in [0.3, 0.4) is 0 Å². The second kappa shape index (κ2) is 4.03. The maximum Gasteiger partial charge on any atom is 0.0544 e. The molecular formula is C11H23N3. The van der Waals surface area contributed by atoms with E-state index < -0.39 is 0 Å². The first-order chi connectivity index (χ1) is 6.09. The largest absolute Gasteiger partial charge is 0.400 e. The van der Waals surface area contributed by atoms with Crippen molar-refractivity contribution in [3.63, 3.8) is 0 Å². The van der Waals surface area contributed by atoms with Crippen LogP contribution in [0.15, 0.2) is 17.0 Å². The van der Waals surface area contributed by atoms with Crippen molar-refractivity contribution < 1.29 is 0 Å². The molecule has 3 heteroatoms. The topological polar surface area (TPSA) is 41.6 Å². The monoisotopic (exact) mass is 197 g/mol. The Morgan fingerprint density at radius 1 is 1.21 bits per heavy atom. The Kier molecular flexibility index (Phi) is 3.74. The molecule has 3 nitrogen and oxygen atoms in total. The minimum atomic E-state index is -0.0857. The molecule has 0 aromatic carbocycles. The zero-order valence-corrected chi connectivity index (χ0v) is 10.3. The van der Waals surface area contributed by atoms with Crippen LogP contribution in [0, 0.1) is 5.41 Å². The number of nitrogens with two attached hydrogens (primary N) is 1. The lowest BCUT2D eigenvalue weighted by Gasteiger charge is -2.31. The molecule has 0 fully saturated rings. The molecule has 0 atom stereocenters. The minimum absolute atomic E-state index is 0.0335. The SMILES string of the molecule is C=NN(/C=C(\N)C(C)(C)C)C(C)(C)C. The first kappa shape index (κ1) is 13.0. The quantitative estimate of drug-likeness (QED) is 0.546. The van der Waals surface area contributed by atoms with Gasteiger partial charge in [0.1, 0.15) is 0 Å². The number of rotatable bonds is 2. The summed E-state index contributed by atoms with van der Waals surface area (Å²) in [6.07, 6.45) is 1.85. The van der Waals surface area contributed by atoms with Gasteiger partial charge in [0.05, 0.1) is 5.54 Å². The highest BCUT2D eigenvalue weighted by Crippen LogP contribution is 2.23. The van der Waals surface area contributed by atoms with Crippen molar-refractivity contribution in [3.8, 4) is 0 Å². The van der Waals surface area contributed by atoms with Crippen LogP contribution in [-0.4, -0.2) is 17.3 Å². The third kappa shape index (κ3) is 3.81. The van der Waals surface area contributed by atoms with E-state index in [0.717, 1.165) is 5.70 Å². The predicted octanol–water partition coefficient (Wildman–Crippen LogP) is 2.55. The molecule has 0 radical (unpaired) electrons. The van der Waals surface area contributed by atoms with Gasteiger partial charge in [-0.2, -0.15) is 5.10 Å². The van der Waals surface area contributed by atoms with Crippen molar-refractivity contribution in [2.45, 2.75) is 47.1 Å². The lowest BCUT2D eigenvalue weighted by Crippen LogP contribution is -2.34. The number of hydrogen-bond acceptors (Lipinski definition) is 3. The van der Waals surface area contributed by atoms with Gasteiger partial charge in [0, 0.05) is 24.0 Å². The molecule has 0 aliphatic rings. The fourth-order valence-corrected chi connectivity index (χ4v) is 0.772. The van der Waals surface area contributed by atoms with E-state index in [1.165, 1.54) is 0 Å². The smallest absolute Gasteiger partial charge is 0.0544 e. The molecule has 0 amide bonds. The van der Waals surface area contributed by atoms with Gasteiger partial charge < -0.3 is 5.73 Å². The van der Waals surface area contributed by atoms with Gasteiger partial charge in [0.15, 0.2) is 0 Å². The van der Waals surface area contributed by atoms with E-state index in [0.29, 0.717) is 0 Å². The van der Waals surface area contributed by atoms with Gasteiger partial charge in [-0.1, -0.05) is 20.8 Å². The van der Waals surface area contributed by atoms with Crippen LogP contribution in [0.2, 0.25) is 0 Å². The summed E-state index contributed by atoms with van der Waals surface area (Å²) in [6.45, 7) is 15.9. The highest BCUT2D eigenvalue weighted by Gasteiger charge is 2.20. The van der Waals surface area contributed by atoms with E-state index in [9.17, 15) is 0 Å². The molecule has 0 aromatic heterocycles. The van der Waals surface area contributed by atoms with Crippen molar-refractivity contribution in [1.29, 1.82) is 0 Å². The Morgan fingerprint density at radius 2 is 1.64 bits per heavy atom. The molecule has 82 valence electrons. The fourth-order valence-electron chi connectivity index (χ4n) is 0.772. The number of hydrazone groups is 1. The molecule has 0 heterocycles. The summed E-state index contributed by atoms with van der Waals surface area (Å²) in [4.78, 5) is 0. The molecule has 0 aliphatic heterocycles. The molecule has 0 aliphatic carbocycles. The van der Waals surface area contributed by atoms with Crippen LogP contribution in [0.5, 0.6) is 0 Å². The van der Waals surface area contributed by atoms with Gasteiger partial charge in [0.2, 0.25) is 0 Å². The van der Waals surface area contributed by atoms with E-state index in [-0.39, 0.29) is 11.0 Å². The van der Waals surface area contributed by atoms with Crippen LogP contribution < -0.4 is 5.73 Å². The Bertz CT molecular complexity index is 228. The Morgan fingerprint density at radius 3 is 1.86 bits per heavy atom. The second-order valence-electron chi connectivity index (χ2n) is 5.49. The Balaban J connectivity index is 4.86. The molecule has 0 saturated heterocycles.